The smallest absolute Gasteiger partial charge is 0.238 e. The summed E-state index contributed by atoms with van der Waals surface area (Å²) in [5.74, 6) is -0.369. The first kappa shape index (κ1) is 20.0. The molecule has 0 aliphatic heterocycles. The van der Waals surface area contributed by atoms with Crippen molar-refractivity contribution in [3.63, 3.8) is 0 Å². The Kier molecular flexibility index (Phi) is 6.78. The van der Waals surface area contributed by atoms with Crippen LogP contribution in [0.15, 0.2) is 53.4 Å². The van der Waals surface area contributed by atoms with Gasteiger partial charge in [0.25, 0.3) is 0 Å². The molecule has 0 saturated heterocycles. The molecule has 7 nitrogen and oxygen atoms in total. The number of rotatable bonds is 7. The first-order valence-corrected chi connectivity index (χ1v) is 10.3. The van der Waals surface area contributed by atoms with E-state index < -0.39 is 10.0 Å². The molecule has 138 valence electrons. The minimum Gasteiger partial charge on any atom is -0.325 e. The summed E-state index contributed by atoms with van der Waals surface area (Å²) in [7, 11) is -3.83. The fourth-order valence-electron chi connectivity index (χ4n) is 2.02. The highest BCUT2D eigenvalue weighted by molar-refractivity contribution is 8.00. The summed E-state index contributed by atoms with van der Waals surface area (Å²) in [5.41, 5.74) is 2.12. The molecular weight excluding hydrogens is 374 g/mol. The monoisotopic (exact) mass is 393 g/mol. The number of hydrogen-bond donors (Lipinski definition) is 3. The summed E-state index contributed by atoms with van der Waals surface area (Å²) in [5, 5.41) is 10.4. The van der Waals surface area contributed by atoms with Crippen LogP contribution in [0.5, 0.6) is 0 Å². The molecule has 2 rings (SSSR count). The van der Waals surface area contributed by atoms with Crippen molar-refractivity contribution in [2.45, 2.75) is 11.8 Å². The minimum absolute atomic E-state index is 0.0565. The Morgan fingerprint density at radius 2 is 1.54 bits per heavy atom. The van der Waals surface area contributed by atoms with Crippen molar-refractivity contribution in [1.82, 2.24) is 0 Å². The van der Waals surface area contributed by atoms with Crippen LogP contribution in [-0.4, -0.2) is 31.7 Å². The third-order valence-electron chi connectivity index (χ3n) is 3.25. The molecule has 0 heterocycles. The highest BCUT2D eigenvalue weighted by atomic mass is 32.2. The molecule has 2 amide bonds. The maximum absolute atomic E-state index is 11.9. The zero-order valence-corrected chi connectivity index (χ0v) is 15.7. The van der Waals surface area contributed by atoms with Gasteiger partial charge in [-0.15, -0.1) is 11.8 Å². The van der Waals surface area contributed by atoms with Gasteiger partial charge in [-0.2, -0.15) is 0 Å². The average molecular weight is 393 g/mol. The summed E-state index contributed by atoms with van der Waals surface area (Å²) < 4.78 is 22.6. The Balaban J connectivity index is 1.78. The molecule has 0 atom stereocenters. The number of carbonyl (C=O) groups excluding carboxylic acids is 2. The van der Waals surface area contributed by atoms with E-state index in [4.69, 9.17) is 5.14 Å². The number of benzene rings is 2. The van der Waals surface area contributed by atoms with E-state index in [1.54, 1.807) is 6.07 Å². The Labute approximate surface area is 156 Å². The molecule has 0 fully saturated rings. The van der Waals surface area contributed by atoms with Crippen molar-refractivity contribution in [3.05, 3.63) is 54.1 Å². The summed E-state index contributed by atoms with van der Waals surface area (Å²) in [6, 6.07) is 13.1. The Morgan fingerprint density at radius 1 is 0.962 bits per heavy atom. The highest BCUT2D eigenvalue weighted by Crippen LogP contribution is 2.15. The zero-order valence-electron chi connectivity index (χ0n) is 14.1. The molecule has 4 N–H and O–H groups in total. The van der Waals surface area contributed by atoms with Crippen molar-refractivity contribution in [3.8, 4) is 0 Å². The third kappa shape index (κ3) is 6.51. The maximum atomic E-state index is 11.9. The van der Waals surface area contributed by atoms with E-state index >= 15 is 0 Å². The minimum atomic E-state index is -3.83. The van der Waals surface area contributed by atoms with Gasteiger partial charge in [0.05, 0.1) is 16.4 Å². The van der Waals surface area contributed by atoms with E-state index in [9.17, 15) is 18.0 Å². The van der Waals surface area contributed by atoms with Gasteiger partial charge in [0, 0.05) is 11.4 Å². The normalized spacial score (nSPS) is 11.0. The average Bonchev–Trinajstić information content (AvgIpc) is 2.56. The fraction of sp³-hybridized carbons (Fsp3) is 0.176. The van der Waals surface area contributed by atoms with E-state index in [0.29, 0.717) is 11.4 Å². The molecule has 0 radical (unpaired) electrons. The lowest BCUT2D eigenvalue weighted by molar-refractivity contribution is -0.114. The summed E-state index contributed by atoms with van der Waals surface area (Å²) >= 11 is 1.15. The lowest BCUT2D eigenvalue weighted by atomic mass is 10.2. The molecule has 2 aromatic rings. The Bertz CT molecular complexity index is 896. The second-order valence-corrected chi connectivity index (χ2v) is 8.08. The molecule has 0 bridgehead atoms. The first-order chi connectivity index (χ1) is 12.2. The quantitative estimate of drug-likeness (QED) is 0.664. The van der Waals surface area contributed by atoms with Crippen LogP contribution in [-0.2, 0) is 19.6 Å². The number of hydrogen-bond acceptors (Lipinski definition) is 5. The van der Waals surface area contributed by atoms with E-state index in [2.05, 4.69) is 10.6 Å². The summed E-state index contributed by atoms with van der Waals surface area (Å²) in [6.45, 7) is 1.96. The summed E-state index contributed by atoms with van der Waals surface area (Å²) in [6.07, 6.45) is 0. The zero-order chi connectivity index (χ0) is 19.2. The van der Waals surface area contributed by atoms with Crippen LogP contribution in [0.1, 0.15) is 5.56 Å². The molecular formula is C17H19N3O4S2. The molecule has 0 saturated carbocycles. The number of anilines is 2. The standard InChI is InChI=1S/C17H19N3O4S2/c1-12-5-7-13(8-6-12)19-16(21)10-25-11-17(22)20-14-3-2-4-15(9-14)26(18,23)24/h2-9H,10-11H2,1H3,(H,19,21)(H,20,22)(H2,18,23,24). The van der Waals surface area contributed by atoms with Gasteiger partial charge in [-0.3, -0.25) is 9.59 Å². The van der Waals surface area contributed by atoms with Crippen LogP contribution < -0.4 is 15.8 Å². The molecule has 26 heavy (non-hydrogen) atoms. The van der Waals surface area contributed by atoms with E-state index in [1.165, 1.54) is 18.2 Å². The molecule has 0 aromatic heterocycles. The molecule has 2 aromatic carbocycles. The number of primary sulfonamides is 1. The maximum Gasteiger partial charge on any atom is 0.238 e. The molecule has 0 unspecified atom stereocenters. The number of aryl methyl sites for hydroxylation is 1. The van der Waals surface area contributed by atoms with Gasteiger partial charge in [0.2, 0.25) is 21.8 Å². The SMILES string of the molecule is Cc1ccc(NC(=O)CSCC(=O)Nc2cccc(S(N)(=O)=O)c2)cc1. The number of nitrogens with one attached hydrogen (secondary N) is 2. The number of sulfonamides is 1. The predicted molar refractivity (Wildman–Crippen MR) is 104 cm³/mol. The van der Waals surface area contributed by atoms with Gasteiger partial charge in [0.1, 0.15) is 0 Å². The molecule has 0 aliphatic rings. The van der Waals surface area contributed by atoms with Crippen molar-refractivity contribution >= 4 is 45.0 Å². The van der Waals surface area contributed by atoms with E-state index in [-0.39, 0.29) is 28.2 Å². The van der Waals surface area contributed by atoms with Gasteiger partial charge >= 0.3 is 0 Å². The second-order valence-electron chi connectivity index (χ2n) is 5.53. The first-order valence-electron chi connectivity index (χ1n) is 7.61. The van der Waals surface area contributed by atoms with Crippen LogP contribution in [0, 0.1) is 6.92 Å². The van der Waals surface area contributed by atoms with E-state index in [0.717, 1.165) is 17.3 Å². The number of nitrogens with two attached hydrogens (primary N) is 1. The fourth-order valence-corrected chi connectivity index (χ4v) is 3.19. The van der Waals surface area contributed by atoms with Gasteiger partial charge in [-0.25, -0.2) is 13.6 Å². The van der Waals surface area contributed by atoms with Crippen molar-refractivity contribution < 1.29 is 18.0 Å². The van der Waals surface area contributed by atoms with Gasteiger partial charge in [-0.1, -0.05) is 23.8 Å². The van der Waals surface area contributed by atoms with Crippen molar-refractivity contribution in [1.29, 1.82) is 0 Å². The molecule has 0 aliphatic carbocycles. The van der Waals surface area contributed by atoms with Gasteiger partial charge in [-0.05, 0) is 37.3 Å². The topological polar surface area (TPSA) is 118 Å². The van der Waals surface area contributed by atoms with Crippen LogP contribution in [0.2, 0.25) is 0 Å². The largest absolute Gasteiger partial charge is 0.325 e. The third-order valence-corrected chi connectivity index (χ3v) is 5.09. The van der Waals surface area contributed by atoms with Crippen LogP contribution >= 0.6 is 11.8 Å². The number of amides is 2. The van der Waals surface area contributed by atoms with Crippen LogP contribution in [0.3, 0.4) is 0 Å². The molecule has 0 spiro atoms. The van der Waals surface area contributed by atoms with Crippen molar-refractivity contribution in [2.24, 2.45) is 5.14 Å². The Hall–Kier alpha value is -2.36. The highest BCUT2D eigenvalue weighted by Gasteiger charge is 2.10. The summed E-state index contributed by atoms with van der Waals surface area (Å²) in [4.78, 5) is 23.7. The van der Waals surface area contributed by atoms with Gasteiger partial charge in [0.15, 0.2) is 0 Å². The van der Waals surface area contributed by atoms with Gasteiger partial charge < -0.3 is 10.6 Å². The number of thioether (sulfide) groups is 1. The second kappa shape index (κ2) is 8.84. The van der Waals surface area contributed by atoms with Crippen LogP contribution in [0.4, 0.5) is 11.4 Å². The lowest BCUT2D eigenvalue weighted by Crippen LogP contribution is -2.19. The molecule has 9 heteroatoms. The predicted octanol–water partition coefficient (Wildman–Crippen LogP) is 1.95. The lowest BCUT2D eigenvalue weighted by Gasteiger charge is -2.07. The van der Waals surface area contributed by atoms with Crippen LogP contribution in [0.25, 0.3) is 0 Å². The van der Waals surface area contributed by atoms with Crippen molar-refractivity contribution in [2.75, 3.05) is 22.1 Å². The Morgan fingerprint density at radius 3 is 2.12 bits per heavy atom. The van der Waals surface area contributed by atoms with E-state index in [1.807, 2.05) is 31.2 Å². The number of carbonyl (C=O) groups is 2.